The first kappa shape index (κ1) is 12.9. The molecule has 0 atom stereocenters. The molecule has 0 unspecified atom stereocenters. The minimum Gasteiger partial charge on any atom is -0.397 e. The second-order valence-electron chi connectivity index (χ2n) is 4.56. The normalized spacial score (nSPS) is 10.5. The van der Waals surface area contributed by atoms with E-state index in [1.54, 1.807) is 47.1 Å². The molecule has 0 aliphatic carbocycles. The number of hydrogen-bond acceptors (Lipinski definition) is 4. The molecule has 1 amide bonds. The average molecular weight is 282 g/mol. The molecule has 0 spiro atoms. The van der Waals surface area contributed by atoms with Crippen LogP contribution >= 0.6 is 0 Å². The third-order valence-electron chi connectivity index (χ3n) is 2.97. The van der Waals surface area contributed by atoms with Crippen molar-refractivity contribution in [3.63, 3.8) is 0 Å². The Bertz CT molecular complexity index is 788. The van der Waals surface area contributed by atoms with E-state index in [1.165, 1.54) is 0 Å². The highest BCUT2D eigenvalue weighted by Crippen LogP contribution is 2.16. The van der Waals surface area contributed by atoms with E-state index in [2.05, 4.69) is 15.5 Å². The summed E-state index contributed by atoms with van der Waals surface area (Å²) in [5.74, 6) is -0.295. The number of carbonyl (C=O) groups is 1. The van der Waals surface area contributed by atoms with E-state index in [0.717, 1.165) is 5.69 Å². The number of aromatic nitrogens is 4. The fourth-order valence-corrected chi connectivity index (χ4v) is 1.96. The smallest absolute Gasteiger partial charge is 0.276 e. The zero-order valence-corrected chi connectivity index (χ0v) is 11.4. The fraction of sp³-hybridized carbons (Fsp3) is 0.0714. The van der Waals surface area contributed by atoms with Crippen molar-refractivity contribution in [2.45, 2.75) is 0 Å². The number of nitrogens with two attached hydrogens (primary N) is 1. The van der Waals surface area contributed by atoms with Crippen molar-refractivity contribution < 1.29 is 4.79 Å². The van der Waals surface area contributed by atoms with Crippen molar-refractivity contribution >= 4 is 17.3 Å². The van der Waals surface area contributed by atoms with Gasteiger partial charge in [-0.3, -0.25) is 9.48 Å². The van der Waals surface area contributed by atoms with Crippen LogP contribution in [-0.2, 0) is 7.05 Å². The van der Waals surface area contributed by atoms with Crippen LogP contribution in [0.3, 0.4) is 0 Å². The largest absolute Gasteiger partial charge is 0.397 e. The lowest BCUT2D eigenvalue weighted by Gasteiger charge is -2.04. The molecule has 0 fully saturated rings. The van der Waals surface area contributed by atoms with Crippen LogP contribution in [0.4, 0.5) is 11.4 Å². The summed E-state index contributed by atoms with van der Waals surface area (Å²) >= 11 is 0. The van der Waals surface area contributed by atoms with Crippen LogP contribution in [0.15, 0.2) is 48.9 Å². The Labute approximate surface area is 121 Å². The number of aryl methyl sites for hydroxylation is 1. The molecule has 0 aliphatic heterocycles. The Kier molecular flexibility index (Phi) is 3.15. The molecule has 21 heavy (non-hydrogen) atoms. The van der Waals surface area contributed by atoms with Crippen molar-refractivity contribution in [3.05, 3.63) is 54.6 Å². The van der Waals surface area contributed by atoms with Gasteiger partial charge >= 0.3 is 0 Å². The molecule has 0 aliphatic rings. The Hall–Kier alpha value is -3.09. The Balaban J connectivity index is 1.82. The van der Waals surface area contributed by atoms with Crippen molar-refractivity contribution in [1.29, 1.82) is 0 Å². The molecule has 2 heterocycles. The molecule has 3 N–H and O–H groups in total. The Morgan fingerprint density at radius 1 is 1.29 bits per heavy atom. The van der Waals surface area contributed by atoms with Crippen LogP contribution in [0.2, 0.25) is 0 Å². The monoisotopic (exact) mass is 282 g/mol. The molecule has 7 nitrogen and oxygen atoms in total. The standard InChI is InChI=1S/C14H14N6O/c1-19-9-10(8-16-19)17-14(21)12-6-7-20(18-12)13-5-3-2-4-11(13)15/h2-9H,15H2,1H3,(H,17,21). The van der Waals surface area contributed by atoms with Crippen molar-refractivity contribution in [2.24, 2.45) is 7.05 Å². The Morgan fingerprint density at radius 3 is 2.81 bits per heavy atom. The Morgan fingerprint density at radius 2 is 2.10 bits per heavy atom. The summed E-state index contributed by atoms with van der Waals surface area (Å²) < 4.78 is 3.19. The van der Waals surface area contributed by atoms with E-state index in [9.17, 15) is 4.79 Å². The van der Waals surface area contributed by atoms with E-state index in [0.29, 0.717) is 17.1 Å². The minimum absolute atomic E-state index is 0.295. The number of nitrogens with zero attached hydrogens (tertiary/aromatic N) is 4. The number of hydrogen-bond donors (Lipinski definition) is 2. The van der Waals surface area contributed by atoms with Gasteiger partial charge in [0.2, 0.25) is 0 Å². The molecular weight excluding hydrogens is 268 g/mol. The van der Waals surface area contributed by atoms with Gasteiger partial charge in [0.15, 0.2) is 5.69 Å². The number of nitrogen functional groups attached to an aromatic ring is 1. The molecule has 0 saturated heterocycles. The number of nitrogens with one attached hydrogen (secondary N) is 1. The van der Waals surface area contributed by atoms with Gasteiger partial charge in [0.25, 0.3) is 5.91 Å². The molecule has 106 valence electrons. The number of rotatable bonds is 3. The molecule has 0 radical (unpaired) electrons. The van der Waals surface area contributed by atoms with Crippen LogP contribution in [0, 0.1) is 0 Å². The van der Waals surface area contributed by atoms with Crippen molar-refractivity contribution in [3.8, 4) is 5.69 Å². The molecule has 2 aromatic heterocycles. The van der Waals surface area contributed by atoms with E-state index < -0.39 is 0 Å². The summed E-state index contributed by atoms with van der Waals surface area (Å²) in [5.41, 5.74) is 8.15. The predicted octanol–water partition coefficient (Wildman–Crippen LogP) is 1.44. The van der Waals surface area contributed by atoms with Gasteiger partial charge in [0, 0.05) is 19.4 Å². The van der Waals surface area contributed by atoms with Crippen molar-refractivity contribution in [1.82, 2.24) is 19.6 Å². The maximum Gasteiger partial charge on any atom is 0.276 e. The molecule has 7 heteroatoms. The summed E-state index contributed by atoms with van der Waals surface area (Å²) in [5, 5.41) is 11.0. The summed E-state index contributed by atoms with van der Waals surface area (Å²) in [6.45, 7) is 0. The first-order valence-corrected chi connectivity index (χ1v) is 6.34. The molecule has 0 bridgehead atoms. The predicted molar refractivity (Wildman–Crippen MR) is 79.1 cm³/mol. The van der Waals surface area contributed by atoms with Crippen LogP contribution in [-0.4, -0.2) is 25.5 Å². The average Bonchev–Trinajstić information content (AvgIpc) is 3.09. The highest BCUT2D eigenvalue weighted by Gasteiger charge is 2.12. The number of benzene rings is 1. The van der Waals surface area contributed by atoms with E-state index >= 15 is 0 Å². The summed E-state index contributed by atoms with van der Waals surface area (Å²) in [6, 6.07) is 8.97. The topological polar surface area (TPSA) is 90.8 Å². The number of carbonyl (C=O) groups excluding carboxylic acids is 1. The van der Waals surface area contributed by atoms with E-state index in [-0.39, 0.29) is 5.91 Å². The van der Waals surface area contributed by atoms with Gasteiger partial charge in [-0.1, -0.05) is 12.1 Å². The first-order valence-electron chi connectivity index (χ1n) is 6.34. The number of amides is 1. The number of anilines is 2. The lowest BCUT2D eigenvalue weighted by molar-refractivity contribution is 0.102. The lowest BCUT2D eigenvalue weighted by Crippen LogP contribution is -2.13. The van der Waals surface area contributed by atoms with Crippen LogP contribution in [0.1, 0.15) is 10.5 Å². The second-order valence-corrected chi connectivity index (χ2v) is 4.56. The zero-order valence-electron chi connectivity index (χ0n) is 11.4. The first-order chi connectivity index (χ1) is 10.1. The highest BCUT2D eigenvalue weighted by atomic mass is 16.2. The van der Waals surface area contributed by atoms with Gasteiger partial charge in [0.05, 0.1) is 23.3 Å². The maximum atomic E-state index is 12.1. The SMILES string of the molecule is Cn1cc(NC(=O)c2ccn(-c3ccccc3N)n2)cn1. The van der Waals surface area contributed by atoms with Gasteiger partial charge in [-0.25, -0.2) is 4.68 Å². The van der Waals surface area contributed by atoms with Gasteiger partial charge in [-0.05, 0) is 18.2 Å². The third-order valence-corrected chi connectivity index (χ3v) is 2.97. The molecule has 3 aromatic rings. The highest BCUT2D eigenvalue weighted by molar-refractivity contribution is 6.02. The van der Waals surface area contributed by atoms with Crippen LogP contribution in [0.25, 0.3) is 5.69 Å². The van der Waals surface area contributed by atoms with Gasteiger partial charge in [-0.2, -0.15) is 10.2 Å². The van der Waals surface area contributed by atoms with E-state index in [4.69, 9.17) is 5.73 Å². The molecule has 3 rings (SSSR count). The van der Waals surface area contributed by atoms with Gasteiger partial charge in [-0.15, -0.1) is 0 Å². The fourth-order valence-electron chi connectivity index (χ4n) is 1.96. The zero-order chi connectivity index (χ0) is 14.8. The molecule has 1 aromatic carbocycles. The molecule has 0 saturated carbocycles. The second kappa shape index (κ2) is 5.12. The van der Waals surface area contributed by atoms with Gasteiger partial charge in [0.1, 0.15) is 0 Å². The van der Waals surface area contributed by atoms with E-state index in [1.807, 2.05) is 18.2 Å². The summed E-state index contributed by atoms with van der Waals surface area (Å²) in [6.07, 6.45) is 4.98. The quantitative estimate of drug-likeness (QED) is 0.711. The van der Waals surface area contributed by atoms with Gasteiger partial charge < -0.3 is 11.1 Å². The maximum absolute atomic E-state index is 12.1. The lowest BCUT2D eigenvalue weighted by atomic mass is 10.3. The van der Waals surface area contributed by atoms with Crippen molar-refractivity contribution in [2.75, 3.05) is 11.1 Å². The summed E-state index contributed by atoms with van der Waals surface area (Å²) in [7, 11) is 1.78. The van der Waals surface area contributed by atoms with Crippen LogP contribution in [0.5, 0.6) is 0 Å². The van der Waals surface area contributed by atoms with Crippen LogP contribution < -0.4 is 11.1 Å². The minimum atomic E-state index is -0.295. The summed E-state index contributed by atoms with van der Waals surface area (Å²) in [4.78, 5) is 12.1. The molecular formula is C14H14N6O. The third kappa shape index (κ3) is 2.62. The number of para-hydroxylation sites is 2.